The Kier molecular flexibility index (Phi) is 2.69. The molecule has 0 bridgehead atoms. The molecule has 2 amide bonds. The fraction of sp³-hybridized carbons (Fsp3) is 0.429. The van der Waals surface area contributed by atoms with Gasteiger partial charge in [0.1, 0.15) is 0 Å². The summed E-state index contributed by atoms with van der Waals surface area (Å²) in [5.74, 6) is 0.0301. The molecule has 1 spiro atoms. The molecule has 0 radical (unpaired) electrons. The van der Waals surface area contributed by atoms with Crippen molar-refractivity contribution < 1.29 is 14.7 Å². The van der Waals surface area contributed by atoms with Crippen LogP contribution in [0.25, 0.3) is 0 Å². The van der Waals surface area contributed by atoms with Crippen molar-refractivity contribution in [1.82, 2.24) is 4.90 Å². The summed E-state index contributed by atoms with van der Waals surface area (Å²) in [6.07, 6.45) is 1.01. The second kappa shape index (κ2) is 4.26. The number of benzene rings is 1. The smallest absolute Gasteiger partial charge is 0.407 e. The van der Waals surface area contributed by atoms with Crippen molar-refractivity contribution in [3.05, 3.63) is 29.8 Å². The van der Waals surface area contributed by atoms with Gasteiger partial charge in [0.2, 0.25) is 5.91 Å². The molecule has 0 atom stereocenters. The van der Waals surface area contributed by atoms with Crippen LogP contribution in [0, 0.1) is 0 Å². The van der Waals surface area contributed by atoms with E-state index in [1.54, 1.807) is 0 Å². The van der Waals surface area contributed by atoms with Gasteiger partial charge in [-0.1, -0.05) is 18.2 Å². The maximum absolute atomic E-state index is 11.9. The first-order valence-electron chi connectivity index (χ1n) is 6.48. The average Bonchev–Trinajstić information content (AvgIpc) is 2.39. The van der Waals surface area contributed by atoms with Gasteiger partial charge in [-0.05, 0) is 24.5 Å². The molecule has 1 aromatic rings. The lowest BCUT2D eigenvalue weighted by atomic mass is 9.68. The van der Waals surface area contributed by atoms with E-state index in [2.05, 4.69) is 5.32 Å². The summed E-state index contributed by atoms with van der Waals surface area (Å²) in [4.78, 5) is 24.3. The molecule has 5 heteroatoms. The lowest BCUT2D eigenvalue weighted by Crippen LogP contribution is -2.48. The molecule has 2 aliphatic heterocycles. The van der Waals surface area contributed by atoms with E-state index < -0.39 is 6.09 Å². The van der Waals surface area contributed by atoms with E-state index in [1.165, 1.54) is 4.90 Å². The third-order valence-corrected chi connectivity index (χ3v) is 4.26. The summed E-state index contributed by atoms with van der Waals surface area (Å²) in [6, 6.07) is 7.84. The van der Waals surface area contributed by atoms with Crippen molar-refractivity contribution in [2.75, 3.05) is 18.4 Å². The highest BCUT2D eigenvalue weighted by Gasteiger charge is 2.42. The zero-order valence-electron chi connectivity index (χ0n) is 10.6. The highest BCUT2D eigenvalue weighted by molar-refractivity contribution is 5.95. The molecule has 3 rings (SSSR count). The normalized spacial score (nSPS) is 20.8. The number of carboxylic acid groups (broad SMARTS) is 1. The van der Waals surface area contributed by atoms with E-state index in [4.69, 9.17) is 5.11 Å². The van der Waals surface area contributed by atoms with Crippen LogP contribution in [0.1, 0.15) is 24.8 Å². The summed E-state index contributed by atoms with van der Waals surface area (Å²) in [6.45, 7) is 0.994. The molecule has 100 valence electrons. The maximum Gasteiger partial charge on any atom is 0.407 e. The summed E-state index contributed by atoms with van der Waals surface area (Å²) in [7, 11) is 0. The standard InChI is InChI=1S/C14H16N2O3/c17-12-9-14(5-7-16(8-6-14)13(18)19)10-3-1-2-4-11(10)15-12/h1-4H,5-9H2,(H,15,17)(H,18,19). The fourth-order valence-corrected chi connectivity index (χ4v) is 3.22. The molecule has 5 nitrogen and oxygen atoms in total. The highest BCUT2D eigenvalue weighted by atomic mass is 16.4. The number of carbonyl (C=O) groups excluding carboxylic acids is 1. The first-order valence-corrected chi connectivity index (χ1v) is 6.48. The van der Waals surface area contributed by atoms with Gasteiger partial charge >= 0.3 is 6.09 Å². The fourth-order valence-electron chi connectivity index (χ4n) is 3.22. The van der Waals surface area contributed by atoms with Gasteiger partial charge in [-0.25, -0.2) is 4.79 Å². The molecule has 2 N–H and O–H groups in total. The second-order valence-corrected chi connectivity index (χ2v) is 5.32. The molecule has 2 heterocycles. The molecular formula is C14H16N2O3. The van der Waals surface area contributed by atoms with Crippen molar-refractivity contribution in [3.63, 3.8) is 0 Å². The number of fused-ring (bicyclic) bond motifs is 2. The van der Waals surface area contributed by atoms with E-state index >= 15 is 0 Å². The molecule has 0 aliphatic carbocycles. The molecule has 0 saturated carbocycles. The molecule has 1 fully saturated rings. The van der Waals surface area contributed by atoms with Crippen LogP contribution in [0.4, 0.5) is 10.5 Å². The van der Waals surface area contributed by atoms with Crippen LogP contribution >= 0.6 is 0 Å². The van der Waals surface area contributed by atoms with Gasteiger partial charge in [0.25, 0.3) is 0 Å². The van der Waals surface area contributed by atoms with Gasteiger partial charge in [-0.3, -0.25) is 4.79 Å². The Morgan fingerprint density at radius 2 is 1.95 bits per heavy atom. The van der Waals surface area contributed by atoms with E-state index in [-0.39, 0.29) is 11.3 Å². The highest BCUT2D eigenvalue weighted by Crippen LogP contribution is 2.44. The van der Waals surface area contributed by atoms with E-state index in [0.29, 0.717) is 32.4 Å². The van der Waals surface area contributed by atoms with Crippen molar-refractivity contribution in [2.45, 2.75) is 24.7 Å². The van der Waals surface area contributed by atoms with Gasteiger partial charge in [0, 0.05) is 30.6 Å². The summed E-state index contributed by atoms with van der Waals surface area (Å²) in [5.41, 5.74) is 1.84. The lowest BCUT2D eigenvalue weighted by Gasteiger charge is -2.44. The molecule has 2 aliphatic rings. The van der Waals surface area contributed by atoms with Crippen molar-refractivity contribution >= 4 is 17.7 Å². The van der Waals surface area contributed by atoms with Gasteiger partial charge in [-0.2, -0.15) is 0 Å². The summed E-state index contributed by atoms with van der Waals surface area (Å²) in [5, 5.41) is 11.9. The SMILES string of the molecule is O=C1CC2(CCN(C(=O)O)CC2)c2ccccc2N1. The molecule has 19 heavy (non-hydrogen) atoms. The summed E-state index contributed by atoms with van der Waals surface area (Å²) >= 11 is 0. The molecule has 1 saturated heterocycles. The second-order valence-electron chi connectivity index (χ2n) is 5.32. The predicted molar refractivity (Wildman–Crippen MR) is 70.2 cm³/mol. The Balaban J connectivity index is 1.93. The largest absolute Gasteiger partial charge is 0.465 e. The third-order valence-electron chi connectivity index (χ3n) is 4.26. The molecule has 0 aromatic heterocycles. The van der Waals surface area contributed by atoms with Crippen LogP contribution < -0.4 is 5.32 Å². The summed E-state index contributed by atoms with van der Waals surface area (Å²) < 4.78 is 0. The number of carbonyl (C=O) groups is 2. The minimum Gasteiger partial charge on any atom is -0.465 e. The average molecular weight is 260 g/mol. The first kappa shape index (κ1) is 12.0. The molecule has 1 aromatic carbocycles. The van der Waals surface area contributed by atoms with Crippen LogP contribution in [-0.2, 0) is 10.2 Å². The number of piperidine rings is 1. The Labute approximate surface area is 111 Å². The van der Waals surface area contributed by atoms with Crippen LogP contribution in [0.3, 0.4) is 0 Å². The van der Waals surface area contributed by atoms with Crippen LogP contribution in [-0.4, -0.2) is 35.1 Å². The van der Waals surface area contributed by atoms with E-state index in [1.807, 2.05) is 24.3 Å². The third kappa shape index (κ3) is 1.95. The Morgan fingerprint density at radius 1 is 1.26 bits per heavy atom. The lowest BCUT2D eigenvalue weighted by molar-refractivity contribution is -0.118. The van der Waals surface area contributed by atoms with Crippen LogP contribution in [0.5, 0.6) is 0 Å². The van der Waals surface area contributed by atoms with Crippen molar-refractivity contribution in [1.29, 1.82) is 0 Å². The van der Waals surface area contributed by atoms with Crippen molar-refractivity contribution in [2.24, 2.45) is 0 Å². The number of nitrogens with one attached hydrogen (secondary N) is 1. The predicted octanol–water partition coefficient (Wildman–Crippen LogP) is 2.04. The number of nitrogens with zero attached hydrogens (tertiary/aromatic N) is 1. The number of rotatable bonds is 0. The number of hydrogen-bond donors (Lipinski definition) is 2. The topological polar surface area (TPSA) is 69.6 Å². The minimum absolute atomic E-state index is 0.0301. The van der Waals surface area contributed by atoms with Gasteiger partial charge < -0.3 is 15.3 Å². The zero-order valence-corrected chi connectivity index (χ0v) is 10.6. The number of likely N-dealkylation sites (tertiary alicyclic amines) is 1. The van der Waals surface area contributed by atoms with Gasteiger partial charge in [-0.15, -0.1) is 0 Å². The Hall–Kier alpha value is -2.04. The van der Waals surface area contributed by atoms with Gasteiger partial charge in [0.05, 0.1) is 0 Å². The van der Waals surface area contributed by atoms with Crippen LogP contribution in [0.2, 0.25) is 0 Å². The molecular weight excluding hydrogens is 244 g/mol. The first-order chi connectivity index (χ1) is 9.11. The minimum atomic E-state index is -0.872. The number of para-hydroxylation sites is 1. The Morgan fingerprint density at radius 3 is 2.63 bits per heavy atom. The maximum atomic E-state index is 11.9. The Bertz CT molecular complexity index is 533. The quantitative estimate of drug-likeness (QED) is 0.750. The number of anilines is 1. The van der Waals surface area contributed by atoms with E-state index in [0.717, 1.165) is 11.3 Å². The monoisotopic (exact) mass is 260 g/mol. The number of hydrogen-bond acceptors (Lipinski definition) is 2. The van der Waals surface area contributed by atoms with E-state index in [9.17, 15) is 9.59 Å². The number of amides is 2. The van der Waals surface area contributed by atoms with Crippen molar-refractivity contribution in [3.8, 4) is 0 Å². The van der Waals surface area contributed by atoms with Gasteiger partial charge in [0.15, 0.2) is 0 Å². The van der Waals surface area contributed by atoms with Crippen LogP contribution in [0.15, 0.2) is 24.3 Å². The molecule has 0 unspecified atom stereocenters. The zero-order chi connectivity index (χ0) is 13.5.